The fourth-order valence-corrected chi connectivity index (χ4v) is 6.71. The summed E-state index contributed by atoms with van der Waals surface area (Å²) in [6, 6.07) is 22.1. The predicted octanol–water partition coefficient (Wildman–Crippen LogP) is 1.32. The van der Waals surface area contributed by atoms with Gasteiger partial charge in [-0.05, 0) is 53.6 Å². The molecule has 6 rings (SSSR count). The monoisotopic (exact) mass is 773 g/mol. The summed E-state index contributed by atoms with van der Waals surface area (Å²) in [7, 11) is -7.25. The van der Waals surface area contributed by atoms with Crippen LogP contribution in [0.1, 0.15) is 0 Å². The van der Waals surface area contributed by atoms with Crippen molar-refractivity contribution in [3.8, 4) is 34.1 Å². The van der Waals surface area contributed by atoms with Gasteiger partial charge in [-0.15, -0.1) is 20.5 Å². The third-order valence-corrected chi connectivity index (χ3v) is 9.57. The molecule has 15 nitrogen and oxygen atoms in total. The molecule has 6 aromatic rings. The third kappa shape index (κ3) is 8.49. The molecule has 0 aliphatic heterocycles. The number of hydrogen-bond acceptors (Lipinski definition) is 15. The van der Waals surface area contributed by atoms with Crippen LogP contribution in [0, 0.1) is 0 Å². The molecular weight excluding hydrogens is 749 g/mol. The minimum atomic E-state index is -5.10. The number of nitrogens with two attached hydrogens (primary N) is 1. The molecule has 0 aliphatic rings. The van der Waals surface area contributed by atoms with E-state index in [9.17, 15) is 36.2 Å². The Morgan fingerprint density at radius 1 is 0.566 bits per heavy atom. The molecule has 0 fully saturated rings. The van der Waals surface area contributed by atoms with Gasteiger partial charge in [0.2, 0.25) is 0 Å². The molecule has 260 valence electrons. The average Bonchev–Trinajstić information content (AvgIpc) is 3.10. The van der Waals surface area contributed by atoms with E-state index in [1.54, 1.807) is 42.5 Å². The Hall–Kier alpha value is -4.14. The first-order chi connectivity index (χ1) is 24.2. The summed E-state index contributed by atoms with van der Waals surface area (Å²) in [4.78, 5) is -1.36. The van der Waals surface area contributed by atoms with Crippen molar-refractivity contribution in [3.05, 3.63) is 91.0 Å². The Kier molecular flexibility index (Phi) is 12.9. The van der Waals surface area contributed by atoms with Crippen molar-refractivity contribution in [1.82, 2.24) is 0 Å². The molecule has 0 bridgehead atoms. The van der Waals surface area contributed by atoms with Gasteiger partial charge in [0.15, 0.2) is 11.5 Å². The number of nitrogen functional groups attached to an aromatic ring is 1. The normalized spacial score (nSPS) is 11.8. The van der Waals surface area contributed by atoms with Gasteiger partial charge < -0.3 is 34.5 Å². The largest absolute Gasteiger partial charge is 1.00 e. The molecule has 0 unspecified atom stereocenters. The van der Waals surface area contributed by atoms with Gasteiger partial charge in [0.1, 0.15) is 54.5 Å². The van der Waals surface area contributed by atoms with E-state index in [-0.39, 0.29) is 121 Å². The van der Waals surface area contributed by atoms with Crippen LogP contribution in [-0.4, -0.2) is 50.4 Å². The maximum atomic E-state index is 12.1. The summed E-state index contributed by atoms with van der Waals surface area (Å²) in [5, 5.41) is 38.2. The Morgan fingerprint density at radius 3 is 1.60 bits per heavy atom. The van der Waals surface area contributed by atoms with Crippen molar-refractivity contribution < 1.29 is 105 Å². The van der Waals surface area contributed by atoms with Gasteiger partial charge in [0.05, 0.1) is 24.0 Å². The van der Waals surface area contributed by atoms with E-state index < -0.39 is 41.5 Å². The van der Waals surface area contributed by atoms with Crippen LogP contribution in [0.15, 0.2) is 121 Å². The quantitative estimate of drug-likeness (QED) is 0.0818. The van der Waals surface area contributed by atoms with Gasteiger partial charge in [0.25, 0.3) is 0 Å². The summed E-state index contributed by atoms with van der Waals surface area (Å²) in [6.07, 6.45) is 0. The van der Waals surface area contributed by atoms with Crippen molar-refractivity contribution in [1.29, 1.82) is 0 Å². The Bertz CT molecular complexity index is 2680. The average molecular weight is 774 g/mol. The Balaban J connectivity index is 0.00000314. The molecule has 0 saturated carbocycles. The van der Waals surface area contributed by atoms with Crippen LogP contribution in [0.25, 0.3) is 32.7 Å². The number of ether oxygens (including phenoxy) is 2. The number of methoxy groups -OCH3 is 2. The van der Waals surface area contributed by atoms with Gasteiger partial charge in [-0.1, -0.05) is 48.5 Å². The molecule has 0 radical (unpaired) electrons. The number of nitrogens with zero attached hydrogens (tertiary/aromatic N) is 4. The number of phenolic OH excluding ortho intramolecular Hbond substituents is 2. The van der Waals surface area contributed by atoms with E-state index in [0.29, 0.717) is 11.1 Å². The standard InChI is InChI=1S/C34H27N5O10S2.2Na/c1-48-28-14-18(10-12-25(28)36-38-27-17-30(50(42,43)44)20-6-3-4-7-21(20)33(27)40)19-11-13-26(29(15-19)49-2)37-39-32-31(51(45,46)47)16-23-22(34(32)41)8-5-9-24(23)35;;/h3-17,40-41H,35H2,1-2H3,(H,42,43,44)(H,45,46,47);;/q;2*+1/p-2. The van der Waals surface area contributed by atoms with Gasteiger partial charge in [-0.2, -0.15) is 0 Å². The molecule has 0 amide bonds. The van der Waals surface area contributed by atoms with E-state index in [2.05, 4.69) is 20.5 Å². The van der Waals surface area contributed by atoms with Crippen molar-refractivity contribution in [2.75, 3.05) is 20.0 Å². The smallest absolute Gasteiger partial charge is 0.744 e. The first kappa shape index (κ1) is 41.6. The molecule has 0 heterocycles. The molecule has 6 aromatic carbocycles. The fraction of sp³-hybridized carbons (Fsp3) is 0.0588. The summed E-state index contributed by atoms with van der Waals surface area (Å²) in [5.41, 5.74) is 6.83. The van der Waals surface area contributed by atoms with E-state index in [1.165, 1.54) is 50.6 Å². The van der Waals surface area contributed by atoms with Crippen molar-refractivity contribution in [2.24, 2.45) is 20.5 Å². The molecule has 0 spiro atoms. The minimum absolute atomic E-state index is 0. The first-order valence-electron chi connectivity index (χ1n) is 14.6. The summed E-state index contributed by atoms with van der Waals surface area (Å²) in [5.74, 6) is -0.515. The van der Waals surface area contributed by atoms with Gasteiger partial charge in [-0.3, -0.25) is 0 Å². The summed E-state index contributed by atoms with van der Waals surface area (Å²) < 4.78 is 83.1. The zero-order valence-corrected chi connectivity index (χ0v) is 34.1. The minimum Gasteiger partial charge on any atom is -0.744 e. The number of aromatic hydroxyl groups is 2. The Morgan fingerprint density at radius 2 is 1.06 bits per heavy atom. The molecule has 0 aliphatic carbocycles. The molecule has 0 aromatic heterocycles. The molecule has 0 saturated heterocycles. The summed E-state index contributed by atoms with van der Waals surface area (Å²) in [6.45, 7) is 0. The van der Waals surface area contributed by atoms with Crippen LogP contribution in [0.4, 0.5) is 28.4 Å². The molecule has 53 heavy (non-hydrogen) atoms. The van der Waals surface area contributed by atoms with Crippen molar-refractivity contribution in [3.63, 3.8) is 0 Å². The maximum Gasteiger partial charge on any atom is 1.00 e. The van der Waals surface area contributed by atoms with E-state index in [1.807, 2.05) is 0 Å². The number of phenols is 2. The van der Waals surface area contributed by atoms with Crippen LogP contribution >= 0.6 is 0 Å². The second kappa shape index (κ2) is 16.5. The van der Waals surface area contributed by atoms with Crippen LogP contribution in [0.3, 0.4) is 0 Å². The molecule has 19 heteroatoms. The summed E-state index contributed by atoms with van der Waals surface area (Å²) >= 11 is 0. The second-order valence-corrected chi connectivity index (χ2v) is 13.6. The van der Waals surface area contributed by atoms with E-state index in [4.69, 9.17) is 15.2 Å². The number of fused-ring (bicyclic) bond motifs is 2. The fourth-order valence-electron chi connectivity index (χ4n) is 5.37. The predicted molar refractivity (Wildman–Crippen MR) is 185 cm³/mol. The topological polar surface area (TPSA) is 249 Å². The third-order valence-electron chi connectivity index (χ3n) is 7.84. The second-order valence-electron chi connectivity index (χ2n) is 10.9. The van der Waals surface area contributed by atoms with E-state index in [0.717, 1.165) is 12.1 Å². The van der Waals surface area contributed by atoms with Crippen LogP contribution in [0.2, 0.25) is 0 Å². The van der Waals surface area contributed by atoms with Gasteiger partial charge in [-0.25, -0.2) is 16.8 Å². The number of anilines is 1. The number of rotatable bonds is 9. The maximum absolute atomic E-state index is 12.1. The van der Waals surface area contributed by atoms with Crippen LogP contribution in [-0.2, 0) is 20.2 Å². The molecule has 4 N–H and O–H groups in total. The van der Waals surface area contributed by atoms with Crippen molar-refractivity contribution >= 4 is 70.2 Å². The Labute approximate surface area is 347 Å². The number of benzene rings is 6. The first-order valence-corrected chi connectivity index (χ1v) is 17.4. The molecular formula is C34H25N5Na2O10S2. The zero-order chi connectivity index (χ0) is 36.7. The molecule has 0 atom stereocenters. The zero-order valence-electron chi connectivity index (χ0n) is 28.5. The van der Waals surface area contributed by atoms with E-state index >= 15 is 0 Å². The number of hydrogen-bond donors (Lipinski definition) is 3. The number of azo groups is 2. The van der Waals surface area contributed by atoms with Gasteiger partial charge >= 0.3 is 59.1 Å². The van der Waals surface area contributed by atoms with Crippen LogP contribution < -0.4 is 74.3 Å². The van der Waals surface area contributed by atoms with Crippen molar-refractivity contribution in [2.45, 2.75) is 9.79 Å². The van der Waals surface area contributed by atoms with Crippen LogP contribution in [0.5, 0.6) is 23.0 Å². The SMILES string of the molecule is COc1cc(-c2ccc(N=Nc3c(S(=O)(=O)[O-])cc4c(N)cccc4c3O)c(OC)c2)ccc1N=Nc1cc(S(=O)(=O)[O-])c2ccccc2c1O.[Na+].[Na+]. The van der Waals surface area contributed by atoms with Gasteiger partial charge in [0, 0.05) is 27.2 Å².